The molecule has 2 rings (SSSR count). The molecule has 0 N–H and O–H groups in total. The van der Waals surface area contributed by atoms with Crippen LogP contribution in [0.2, 0.25) is 0 Å². The highest BCUT2D eigenvalue weighted by molar-refractivity contribution is 5.69. The maximum atomic E-state index is 11.2. The second kappa shape index (κ2) is 6.50. The van der Waals surface area contributed by atoms with Crippen LogP contribution in [-0.4, -0.2) is 62.5 Å². The van der Waals surface area contributed by atoms with E-state index in [1.807, 2.05) is 0 Å². The largest absolute Gasteiger partial charge is 0.469 e. The molecular formula is C13H23NO4. The number of nitrogens with zero attached hydrogens (tertiary/aromatic N) is 1. The van der Waals surface area contributed by atoms with Crippen molar-refractivity contribution < 1.29 is 19.0 Å². The molecule has 18 heavy (non-hydrogen) atoms. The molecule has 0 aliphatic carbocycles. The summed E-state index contributed by atoms with van der Waals surface area (Å²) >= 11 is 0. The van der Waals surface area contributed by atoms with Gasteiger partial charge in [-0.2, -0.15) is 0 Å². The zero-order chi connectivity index (χ0) is 13.0. The molecule has 2 aliphatic rings. The zero-order valence-electron chi connectivity index (χ0n) is 11.3. The van der Waals surface area contributed by atoms with Gasteiger partial charge in [0.15, 0.2) is 0 Å². The van der Waals surface area contributed by atoms with Crippen LogP contribution in [0.4, 0.5) is 0 Å². The molecule has 0 spiro atoms. The maximum Gasteiger partial charge on any atom is 0.308 e. The molecule has 3 unspecified atom stereocenters. The monoisotopic (exact) mass is 257 g/mol. The van der Waals surface area contributed by atoms with E-state index in [1.165, 1.54) is 7.11 Å². The van der Waals surface area contributed by atoms with E-state index >= 15 is 0 Å². The fraction of sp³-hybridized carbons (Fsp3) is 0.923. The van der Waals surface area contributed by atoms with Gasteiger partial charge in [-0.25, -0.2) is 0 Å². The summed E-state index contributed by atoms with van der Waals surface area (Å²) in [4.78, 5) is 13.6. The average Bonchev–Trinajstić information content (AvgIpc) is 2.75. The van der Waals surface area contributed by atoms with Crippen molar-refractivity contribution in [1.29, 1.82) is 0 Å². The van der Waals surface area contributed by atoms with Crippen molar-refractivity contribution in [2.24, 2.45) is 0 Å². The van der Waals surface area contributed by atoms with Crippen LogP contribution in [0, 0.1) is 0 Å². The highest BCUT2D eigenvalue weighted by Crippen LogP contribution is 2.21. The fourth-order valence-corrected chi connectivity index (χ4v) is 2.65. The molecule has 2 aliphatic heterocycles. The van der Waals surface area contributed by atoms with E-state index in [0.29, 0.717) is 25.2 Å². The molecule has 5 nitrogen and oxygen atoms in total. The van der Waals surface area contributed by atoms with Gasteiger partial charge in [0.25, 0.3) is 0 Å². The number of morpholine rings is 1. The van der Waals surface area contributed by atoms with Crippen LogP contribution in [0.1, 0.15) is 26.2 Å². The summed E-state index contributed by atoms with van der Waals surface area (Å²) in [6.45, 7) is 5.48. The van der Waals surface area contributed by atoms with Crippen LogP contribution in [0.25, 0.3) is 0 Å². The van der Waals surface area contributed by atoms with Crippen LogP contribution >= 0.6 is 0 Å². The molecule has 0 aromatic rings. The maximum absolute atomic E-state index is 11.2. The van der Waals surface area contributed by atoms with Crippen molar-refractivity contribution in [3.8, 4) is 0 Å². The van der Waals surface area contributed by atoms with Crippen LogP contribution in [-0.2, 0) is 19.0 Å². The molecule has 2 saturated heterocycles. The Kier molecular flexibility index (Phi) is 4.97. The zero-order valence-corrected chi connectivity index (χ0v) is 11.3. The van der Waals surface area contributed by atoms with E-state index in [-0.39, 0.29) is 12.1 Å². The van der Waals surface area contributed by atoms with E-state index in [4.69, 9.17) is 9.47 Å². The second-order valence-corrected chi connectivity index (χ2v) is 5.18. The van der Waals surface area contributed by atoms with Crippen LogP contribution in [0.5, 0.6) is 0 Å². The second-order valence-electron chi connectivity index (χ2n) is 5.18. The smallest absolute Gasteiger partial charge is 0.308 e. The van der Waals surface area contributed by atoms with E-state index in [1.54, 1.807) is 0 Å². The average molecular weight is 257 g/mol. The molecule has 0 aromatic carbocycles. The van der Waals surface area contributed by atoms with Gasteiger partial charge in [0.2, 0.25) is 0 Å². The number of rotatable bonds is 4. The first-order valence-electron chi connectivity index (χ1n) is 6.73. The fourth-order valence-electron chi connectivity index (χ4n) is 2.65. The Bertz CT molecular complexity index is 284. The van der Waals surface area contributed by atoms with Gasteiger partial charge in [-0.3, -0.25) is 9.69 Å². The lowest BCUT2D eigenvalue weighted by Crippen LogP contribution is -2.46. The number of carbonyl (C=O) groups excluding carboxylic acids is 1. The van der Waals surface area contributed by atoms with Crippen molar-refractivity contribution >= 4 is 5.97 Å². The van der Waals surface area contributed by atoms with Gasteiger partial charge >= 0.3 is 5.97 Å². The van der Waals surface area contributed by atoms with E-state index in [0.717, 1.165) is 32.5 Å². The molecule has 5 heteroatoms. The van der Waals surface area contributed by atoms with E-state index in [2.05, 4.69) is 16.6 Å². The van der Waals surface area contributed by atoms with Gasteiger partial charge in [-0.1, -0.05) is 0 Å². The van der Waals surface area contributed by atoms with Crippen LogP contribution in [0.15, 0.2) is 0 Å². The quantitative estimate of drug-likeness (QED) is 0.698. The summed E-state index contributed by atoms with van der Waals surface area (Å²) in [5.41, 5.74) is 0. The van der Waals surface area contributed by atoms with Crippen molar-refractivity contribution in [2.45, 2.75) is 44.5 Å². The molecule has 0 aromatic heterocycles. The highest BCUT2D eigenvalue weighted by atomic mass is 16.5. The molecule has 104 valence electrons. The first-order valence-corrected chi connectivity index (χ1v) is 6.73. The third-order valence-corrected chi connectivity index (χ3v) is 3.63. The molecule has 0 bridgehead atoms. The third kappa shape index (κ3) is 3.93. The Balaban J connectivity index is 1.74. The molecular weight excluding hydrogens is 234 g/mol. The Morgan fingerprint density at radius 3 is 2.89 bits per heavy atom. The SMILES string of the molecule is COC(=O)CC1CN(CC2CCC(C)O2)CCO1. The molecule has 0 saturated carbocycles. The van der Waals surface area contributed by atoms with E-state index < -0.39 is 0 Å². The third-order valence-electron chi connectivity index (χ3n) is 3.63. The van der Waals surface area contributed by atoms with Crippen LogP contribution in [0.3, 0.4) is 0 Å². The lowest BCUT2D eigenvalue weighted by Gasteiger charge is -2.33. The van der Waals surface area contributed by atoms with Crippen molar-refractivity contribution in [3.63, 3.8) is 0 Å². The van der Waals surface area contributed by atoms with Gasteiger partial charge < -0.3 is 14.2 Å². The lowest BCUT2D eigenvalue weighted by molar-refractivity contribution is -0.146. The predicted octanol–water partition coefficient (Wildman–Crippen LogP) is 0.818. The molecule has 2 fully saturated rings. The topological polar surface area (TPSA) is 48.0 Å². The molecule has 2 heterocycles. The number of hydrogen-bond acceptors (Lipinski definition) is 5. The lowest BCUT2D eigenvalue weighted by atomic mass is 10.1. The number of carbonyl (C=O) groups is 1. The highest BCUT2D eigenvalue weighted by Gasteiger charge is 2.28. The van der Waals surface area contributed by atoms with Crippen LogP contribution < -0.4 is 0 Å². The summed E-state index contributed by atoms with van der Waals surface area (Å²) < 4.78 is 16.1. The van der Waals surface area contributed by atoms with Gasteiger partial charge in [0.1, 0.15) is 0 Å². The minimum Gasteiger partial charge on any atom is -0.469 e. The van der Waals surface area contributed by atoms with E-state index in [9.17, 15) is 4.79 Å². The Morgan fingerprint density at radius 1 is 1.39 bits per heavy atom. The van der Waals surface area contributed by atoms with Gasteiger partial charge in [-0.15, -0.1) is 0 Å². The van der Waals surface area contributed by atoms with Crippen molar-refractivity contribution in [3.05, 3.63) is 0 Å². The van der Waals surface area contributed by atoms with Crippen molar-refractivity contribution in [1.82, 2.24) is 4.90 Å². The predicted molar refractivity (Wildman–Crippen MR) is 66.4 cm³/mol. The normalized spacial score (nSPS) is 33.6. The van der Waals surface area contributed by atoms with Gasteiger partial charge in [0, 0.05) is 19.6 Å². The number of esters is 1. The first-order chi connectivity index (χ1) is 8.67. The van der Waals surface area contributed by atoms with Crippen molar-refractivity contribution in [2.75, 3.05) is 33.4 Å². The summed E-state index contributed by atoms with van der Waals surface area (Å²) in [6.07, 6.45) is 3.33. The molecule has 3 atom stereocenters. The minimum atomic E-state index is -0.201. The summed E-state index contributed by atoms with van der Waals surface area (Å²) in [5.74, 6) is -0.201. The molecule has 0 radical (unpaired) electrons. The first kappa shape index (κ1) is 13.8. The van der Waals surface area contributed by atoms with Gasteiger partial charge in [0.05, 0.1) is 38.4 Å². The Morgan fingerprint density at radius 2 is 2.22 bits per heavy atom. The summed E-state index contributed by atoms with van der Waals surface area (Å²) in [6, 6.07) is 0. The van der Waals surface area contributed by atoms with Gasteiger partial charge in [-0.05, 0) is 19.8 Å². The Labute approximate surface area is 108 Å². The minimum absolute atomic E-state index is 0.0370. The standard InChI is InChI=1S/C13H23NO4/c1-10-3-4-11(18-10)8-14-5-6-17-12(9-14)7-13(15)16-2/h10-12H,3-9H2,1-2H3. The summed E-state index contributed by atoms with van der Waals surface area (Å²) in [5, 5.41) is 0. The number of ether oxygens (including phenoxy) is 3. The number of methoxy groups -OCH3 is 1. The summed E-state index contributed by atoms with van der Waals surface area (Å²) in [7, 11) is 1.41. The molecule has 0 amide bonds. The number of hydrogen-bond donors (Lipinski definition) is 0. The Hall–Kier alpha value is -0.650.